The van der Waals surface area contributed by atoms with Crippen LogP contribution in [-0.4, -0.2) is 17.8 Å². The van der Waals surface area contributed by atoms with Crippen molar-refractivity contribution in [2.24, 2.45) is 0 Å². The van der Waals surface area contributed by atoms with E-state index in [0.717, 1.165) is 5.56 Å². The number of carbonyl (C=O) groups is 1. The maximum Gasteiger partial charge on any atom is 0.398 e. The molecule has 0 aliphatic rings. The summed E-state index contributed by atoms with van der Waals surface area (Å²) >= 11 is 6.42. The minimum absolute atomic E-state index is 0.120. The maximum atomic E-state index is 12.3. The molecule has 1 amide bonds. The molecule has 0 saturated carbocycles. The Bertz CT molecular complexity index is 674. The molecule has 0 fully saturated rings. The highest BCUT2D eigenvalue weighted by Gasteiger charge is 2.27. The molecule has 122 valence electrons. The maximum absolute atomic E-state index is 12.3. The van der Waals surface area contributed by atoms with Crippen molar-refractivity contribution in [1.82, 2.24) is 0 Å². The van der Waals surface area contributed by atoms with E-state index in [1.54, 1.807) is 48.5 Å². The van der Waals surface area contributed by atoms with Gasteiger partial charge in [0.2, 0.25) is 5.91 Å². The molecule has 0 saturated heterocycles. The first kappa shape index (κ1) is 17.7. The topological polar surface area (TPSA) is 29.1 Å². The van der Waals surface area contributed by atoms with Crippen LogP contribution in [0.25, 0.3) is 0 Å². The molecule has 1 N–H and O–H groups in total. The fourth-order valence-electron chi connectivity index (χ4n) is 1.84. The van der Waals surface area contributed by atoms with Crippen LogP contribution in [0.5, 0.6) is 0 Å². The molecule has 23 heavy (non-hydrogen) atoms. The number of hydrogen-bond donors (Lipinski definition) is 1. The van der Waals surface area contributed by atoms with Crippen molar-refractivity contribution >= 4 is 35.0 Å². The van der Waals surface area contributed by atoms with Crippen LogP contribution in [0.3, 0.4) is 0 Å². The molecule has 0 bridgehead atoms. The highest BCUT2D eigenvalue weighted by molar-refractivity contribution is 7.99. The van der Waals surface area contributed by atoms with Gasteiger partial charge in [-0.2, -0.15) is 13.2 Å². The summed E-state index contributed by atoms with van der Waals surface area (Å²) in [5.74, 6) is -1.30. The monoisotopic (exact) mass is 359 g/mol. The number of benzene rings is 2. The zero-order valence-corrected chi connectivity index (χ0v) is 13.4. The predicted octanol–water partition coefficient (Wildman–Crippen LogP) is 5.18. The van der Waals surface area contributed by atoms with Crippen molar-refractivity contribution in [3.05, 3.63) is 59.1 Å². The van der Waals surface area contributed by atoms with Crippen molar-refractivity contribution in [1.29, 1.82) is 0 Å². The minimum atomic E-state index is -4.26. The average molecular weight is 360 g/mol. The van der Waals surface area contributed by atoms with E-state index >= 15 is 0 Å². The Hall–Kier alpha value is -1.66. The summed E-state index contributed by atoms with van der Waals surface area (Å²) in [6, 6.07) is 13.2. The van der Waals surface area contributed by atoms with Crippen LogP contribution in [0.1, 0.15) is 5.56 Å². The van der Waals surface area contributed by atoms with Crippen molar-refractivity contribution in [3.63, 3.8) is 0 Å². The van der Waals surface area contributed by atoms with Crippen LogP contribution in [0.2, 0.25) is 5.02 Å². The lowest BCUT2D eigenvalue weighted by molar-refractivity contribution is -0.115. The smallest absolute Gasteiger partial charge is 0.325 e. The Kier molecular flexibility index (Phi) is 5.96. The molecular weight excluding hydrogens is 347 g/mol. The van der Waals surface area contributed by atoms with E-state index in [-0.39, 0.29) is 12.3 Å². The van der Waals surface area contributed by atoms with Gasteiger partial charge in [-0.15, -0.1) is 11.8 Å². The molecule has 0 radical (unpaired) electrons. The summed E-state index contributed by atoms with van der Waals surface area (Å²) in [7, 11) is 0. The second-order valence-corrected chi connectivity index (χ2v) is 6.21. The van der Waals surface area contributed by atoms with Gasteiger partial charge in [-0.3, -0.25) is 4.79 Å². The van der Waals surface area contributed by atoms with Crippen LogP contribution in [0, 0.1) is 0 Å². The highest BCUT2D eigenvalue weighted by atomic mass is 35.5. The molecule has 2 rings (SSSR count). The van der Waals surface area contributed by atoms with Crippen LogP contribution in [0.4, 0.5) is 18.9 Å². The fraction of sp³-hybridized carbons (Fsp3) is 0.188. The van der Waals surface area contributed by atoms with Gasteiger partial charge in [-0.1, -0.05) is 35.9 Å². The highest BCUT2D eigenvalue weighted by Crippen LogP contribution is 2.32. The van der Waals surface area contributed by atoms with E-state index in [1.165, 1.54) is 0 Å². The number of hydrogen-bond acceptors (Lipinski definition) is 2. The van der Waals surface area contributed by atoms with Gasteiger partial charge in [-0.25, -0.2) is 0 Å². The third-order valence-electron chi connectivity index (χ3n) is 2.83. The molecule has 0 aliphatic carbocycles. The summed E-state index contributed by atoms with van der Waals surface area (Å²) in [4.78, 5) is 12.4. The lowest BCUT2D eigenvalue weighted by Crippen LogP contribution is -2.15. The Morgan fingerprint density at radius 1 is 1.09 bits per heavy atom. The number of anilines is 1. The molecule has 2 aromatic rings. The van der Waals surface area contributed by atoms with Crippen LogP contribution in [0.15, 0.2) is 53.4 Å². The number of nitrogens with one attached hydrogen (secondary N) is 1. The third kappa shape index (κ3) is 6.15. The second-order valence-electron chi connectivity index (χ2n) is 4.75. The van der Waals surface area contributed by atoms with Crippen LogP contribution >= 0.6 is 23.4 Å². The molecule has 0 spiro atoms. The van der Waals surface area contributed by atoms with Gasteiger partial charge in [0.1, 0.15) is 0 Å². The molecular formula is C16H13ClF3NOS. The second kappa shape index (κ2) is 7.75. The number of rotatable bonds is 5. The van der Waals surface area contributed by atoms with Crippen molar-refractivity contribution < 1.29 is 18.0 Å². The number of halogens is 4. The first-order valence-corrected chi connectivity index (χ1v) is 8.03. The molecule has 0 atom stereocenters. The quantitative estimate of drug-likeness (QED) is 0.746. The number of para-hydroxylation sites is 1. The van der Waals surface area contributed by atoms with Crippen molar-refractivity contribution in [2.45, 2.75) is 17.5 Å². The van der Waals surface area contributed by atoms with Gasteiger partial charge in [0.25, 0.3) is 0 Å². The van der Waals surface area contributed by atoms with E-state index in [4.69, 9.17) is 11.6 Å². The van der Waals surface area contributed by atoms with Gasteiger partial charge in [0.15, 0.2) is 0 Å². The van der Waals surface area contributed by atoms with Gasteiger partial charge >= 0.3 is 6.18 Å². The van der Waals surface area contributed by atoms with E-state index in [9.17, 15) is 18.0 Å². The number of alkyl halides is 3. The van der Waals surface area contributed by atoms with Crippen LogP contribution < -0.4 is 5.32 Å². The summed E-state index contributed by atoms with van der Waals surface area (Å²) in [6.45, 7) is 0. The minimum Gasteiger partial charge on any atom is -0.325 e. The Balaban J connectivity index is 2.01. The summed E-state index contributed by atoms with van der Waals surface area (Å²) in [5, 5.41) is 3.22. The Morgan fingerprint density at radius 2 is 1.74 bits per heavy atom. The molecule has 2 nitrogen and oxygen atoms in total. The predicted molar refractivity (Wildman–Crippen MR) is 87.0 cm³/mol. The largest absolute Gasteiger partial charge is 0.398 e. The molecule has 0 heterocycles. The van der Waals surface area contributed by atoms with E-state index in [1.807, 2.05) is 0 Å². The van der Waals surface area contributed by atoms with Crippen LogP contribution in [-0.2, 0) is 11.2 Å². The average Bonchev–Trinajstić information content (AvgIpc) is 2.48. The first-order chi connectivity index (χ1) is 10.8. The van der Waals surface area contributed by atoms with Gasteiger partial charge in [0.05, 0.1) is 17.9 Å². The van der Waals surface area contributed by atoms with Gasteiger partial charge < -0.3 is 5.32 Å². The third-order valence-corrected chi connectivity index (χ3v) is 4.22. The van der Waals surface area contributed by atoms with E-state index < -0.39 is 11.9 Å². The van der Waals surface area contributed by atoms with E-state index in [2.05, 4.69) is 5.32 Å². The summed E-state index contributed by atoms with van der Waals surface area (Å²) in [5.41, 5.74) is 1.15. The first-order valence-electron chi connectivity index (χ1n) is 6.66. The zero-order chi connectivity index (χ0) is 16.9. The van der Waals surface area contributed by atoms with Gasteiger partial charge in [0, 0.05) is 9.92 Å². The van der Waals surface area contributed by atoms with Crippen molar-refractivity contribution in [2.75, 3.05) is 11.1 Å². The number of carbonyl (C=O) groups excluding carboxylic acids is 1. The summed E-state index contributed by atoms with van der Waals surface area (Å²) in [6.07, 6.45) is -4.14. The fourth-order valence-corrected chi connectivity index (χ4v) is 2.73. The SMILES string of the molecule is O=C(Cc1ccc(Cl)cc1)Nc1ccccc1SCC(F)(F)F. The molecule has 0 aromatic heterocycles. The lowest BCUT2D eigenvalue weighted by Gasteiger charge is -2.12. The summed E-state index contributed by atoms with van der Waals surface area (Å²) < 4.78 is 37.0. The Morgan fingerprint density at radius 3 is 2.39 bits per heavy atom. The number of amides is 1. The van der Waals surface area contributed by atoms with E-state index in [0.29, 0.717) is 27.4 Å². The molecule has 0 unspecified atom stereocenters. The molecule has 7 heteroatoms. The lowest BCUT2D eigenvalue weighted by atomic mass is 10.1. The standard InChI is InChI=1S/C16H13ClF3NOS/c17-12-7-5-11(6-8-12)9-15(22)21-13-3-1-2-4-14(13)23-10-16(18,19)20/h1-8H,9-10H2,(H,21,22). The normalized spacial score (nSPS) is 11.3. The van der Waals surface area contributed by atoms with Crippen molar-refractivity contribution in [3.8, 4) is 0 Å². The van der Waals surface area contributed by atoms with Gasteiger partial charge in [-0.05, 0) is 29.8 Å². The Labute approximate surface area is 141 Å². The molecule has 0 aliphatic heterocycles. The number of thioether (sulfide) groups is 1. The zero-order valence-electron chi connectivity index (χ0n) is 11.9. The molecule has 2 aromatic carbocycles.